The predicted octanol–water partition coefficient (Wildman–Crippen LogP) is 1.73. The Morgan fingerprint density at radius 3 is 2.93 bits per heavy atom. The van der Waals surface area contributed by atoms with Gasteiger partial charge in [0, 0.05) is 23.6 Å². The first-order valence-corrected chi connectivity index (χ1v) is 5.86. The quantitative estimate of drug-likeness (QED) is 0.796. The second-order valence-corrected chi connectivity index (χ2v) is 4.57. The van der Waals surface area contributed by atoms with Gasteiger partial charge in [0.15, 0.2) is 0 Å². The third-order valence-corrected chi connectivity index (χ3v) is 2.99. The van der Waals surface area contributed by atoms with E-state index in [9.17, 15) is 0 Å². The third kappa shape index (κ3) is 2.89. The van der Waals surface area contributed by atoms with Crippen LogP contribution in [-0.4, -0.2) is 16.5 Å². The molecule has 0 radical (unpaired) electrons. The van der Waals surface area contributed by atoms with E-state index in [0.717, 1.165) is 22.6 Å². The summed E-state index contributed by atoms with van der Waals surface area (Å²) in [6.45, 7) is 4.12. The van der Waals surface area contributed by atoms with Gasteiger partial charge in [-0.3, -0.25) is 0 Å². The van der Waals surface area contributed by atoms with E-state index in [2.05, 4.69) is 11.9 Å². The number of hydrogen-bond donors (Lipinski definition) is 2. The lowest BCUT2D eigenvalue weighted by atomic mass is 10.1. The van der Waals surface area contributed by atoms with Crippen molar-refractivity contribution in [2.75, 3.05) is 17.2 Å². The fraction of sp³-hybridized carbons (Fsp3) is 0.500. The molecule has 1 heterocycles. The Balaban J connectivity index is 2.77. The zero-order valence-corrected chi connectivity index (χ0v) is 9.47. The van der Waals surface area contributed by atoms with Gasteiger partial charge in [0.2, 0.25) is 0 Å². The summed E-state index contributed by atoms with van der Waals surface area (Å²) in [7, 11) is 0. The van der Waals surface area contributed by atoms with Gasteiger partial charge >= 0.3 is 0 Å². The monoisotopic (exact) mass is 211 g/mol. The zero-order chi connectivity index (χ0) is 10.6. The summed E-state index contributed by atoms with van der Waals surface area (Å²) >= 11 is 1.82. The molecule has 1 aromatic rings. The SMILES string of the molecule is CCSCC(N)c1cc(C)cnc1N. The number of hydrogen-bond acceptors (Lipinski definition) is 4. The van der Waals surface area contributed by atoms with Gasteiger partial charge in [0.05, 0.1) is 0 Å². The van der Waals surface area contributed by atoms with Crippen LogP contribution in [0.15, 0.2) is 12.3 Å². The number of pyridine rings is 1. The number of aromatic nitrogens is 1. The first kappa shape index (κ1) is 11.3. The molecule has 3 nitrogen and oxygen atoms in total. The second kappa shape index (κ2) is 5.22. The van der Waals surface area contributed by atoms with Crippen LogP contribution in [0.4, 0.5) is 5.82 Å². The molecule has 0 spiro atoms. The standard InChI is InChI=1S/C10H17N3S/c1-3-14-6-9(11)8-4-7(2)5-13-10(8)12/h4-5,9H,3,6,11H2,1-2H3,(H2,12,13). The molecule has 0 aliphatic carbocycles. The summed E-state index contributed by atoms with van der Waals surface area (Å²) in [4.78, 5) is 4.10. The molecule has 1 unspecified atom stereocenters. The van der Waals surface area contributed by atoms with Crippen LogP contribution in [0.3, 0.4) is 0 Å². The van der Waals surface area contributed by atoms with Crippen LogP contribution in [0.1, 0.15) is 24.1 Å². The molecular weight excluding hydrogens is 194 g/mol. The zero-order valence-electron chi connectivity index (χ0n) is 8.66. The molecule has 0 fully saturated rings. The van der Waals surface area contributed by atoms with Crippen molar-refractivity contribution in [1.82, 2.24) is 4.98 Å². The molecule has 1 atom stereocenters. The number of thioether (sulfide) groups is 1. The molecule has 1 aromatic heterocycles. The Hall–Kier alpha value is -0.740. The van der Waals surface area contributed by atoms with Crippen molar-refractivity contribution in [3.63, 3.8) is 0 Å². The highest BCUT2D eigenvalue weighted by Gasteiger charge is 2.10. The first-order valence-electron chi connectivity index (χ1n) is 4.70. The maximum Gasteiger partial charge on any atom is 0.128 e. The van der Waals surface area contributed by atoms with E-state index in [4.69, 9.17) is 11.5 Å². The van der Waals surface area contributed by atoms with Crippen molar-refractivity contribution in [2.45, 2.75) is 19.9 Å². The summed E-state index contributed by atoms with van der Waals surface area (Å²) in [5, 5.41) is 0. The van der Waals surface area contributed by atoms with Gasteiger partial charge in [0.1, 0.15) is 5.82 Å². The van der Waals surface area contributed by atoms with E-state index in [0.29, 0.717) is 5.82 Å². The lowest BCUT2D eigenvalue weighted by Gasteiger charge is -2.13. The van der Waals surface area contributed by atoms with E-state index >= 15 is 0 Å². The molecule has 0 aromatic carbocycles. The molecule has 0 aliphatic heterocycles. The van der Waals surface area contributed by atoms with Crippen molar-refractivity contribution in [3.8, 4) is 0 Å². The Morgan fingerprint density at radius 2 is 2.29 bits per heavy atom. The third-order valence-electron chi connectivity index (χ3n) is 1.99. The van der Waals surface area contributed by atoms with Crippen LogP contribution in [0.2, 0.25) is 0 Å². The topological polar surface area (TPSA) is 64.9 Å². The summed E-state index contributed by atoms with van der Waals surface area (Å²) in [5.41, 5.74) is 13.8. The largest absolute Gasteiger partial charge is 0.383 e. The van der Waals surface area contributed by atoms with Crippen LogP contribution in [0, 0.1) is 6.92 Å². The molecule has 0 bridgehead atoms. The summed E-state index contributed by atoms with van der Waals surface area (Å²) in [5.74, 6) is 2.53. The van der Waals surface area contributed by atoms with Gasteiger partial charge in [-0.2, -0.15) is 11.8 Å². The molecule has 0 aliphatic rings. The molecule has 0 amide bonds. The highest BCUT2D eigenvalue weighted by molar-refractivity contribution is 7.99. The lowest BCUT2D eigenvalue weighted by Crippen LogP contribution is -2.16. The van der Waals surface area contributed by atoms with Crippen LogP contribution in [0.5, 0.6) is 0 Å². The van der Waals surface area contributed by atoms with Gasteiger partial charge in [-0.25, -0.2) is 4.98 Å². The van der Waals surface area contributed by atoms with Crippen LogP contribution >= 0.6 is 11.8 Å². The minimum atomic E-state index is -0.00708. The second-order valence-electron chi connectivity index (χ2n) is 3.25. The van der Waals surface area contributed by atoms with E-state index in [1.807, 2.05) is 24.8 Å². The number of nitrogens with zero attached hydrogens (tertiary/aromatic N) is 1. The van der Waals surface area contributed by atoms with Gasteiger partial charge in [-0.1, -0.05) is 6.92 Å². The Morgan fingerprint density at radius 1 is 1.57 bits per heavy atom. The van der Waals surface area contributed by atoms with E-state index in [1.54, 1.807) is 6.20 Å². The van der Waals surface area contributed by atoms with Crippen LogP contribution < -0.4 is 11.5 Å². The number of anilines is 1. The normalized spacial score (nSPS) is 12.8. The fourth-order valence-electron chi connectivity index (χ4n) is 1.23. The highest BCUT2D eigenvalue weighted by Crippen LogP contribution is 2.20. The van der Waals surface area contributed by atoms with Crippen LogP contribution in [0.25, 0.3) is 0 Å². The smallest absolute Gasteiger partial charge is 0.128 e. The molecular formula is C10H17N3S. The fourth-order valence-corrected chi connectivity index (χ4v) is 1.90. The van der Waals surface area contributed by atoms with Gasteiger partial charge in [-0.15, -0.1) is 0 Å². The Kier molecular flexibility index (Phi) is 4.22. The molecule has 14 heavy (non-hydrogen) atoms. The summed E-state index contributed by atoms with van der Waals surface area (Å²) in [6.07, 6.45) is 1.76. The molecule has 4 N–H and O–H groups in total. The van der Waals surface area contributed by atoms with Crippen molar-refractivity contribution in [3.05, 3.63) is 23.4 Å². The molecule has 4 heteroatoms. The molecule has 0 saturated heterocycles. The minimum absolute atomic E-state index is 0.00708. The highest BCUT2D eigenvalue weighted by atomic mass is 32.2. The van der Waals surface area contributed by atoms with E-state index < -0.39 is 0 Å². The first-order chi connectivity index (χ1) is 6.65. The number of aryl methyl sites for hydroxylation is 1. The number of nitrogens with two attached hydrogens (primary N) is 2. The number of nitrogen functional groups attached to an aromatic ring is 1. The van der Waals surface area contributed by atoms with Gasteiger partial charge < -0.3 is 11.5 Å². The van der Waals surface area contributed by atoms with Gasteiger partial charge in [0.25, 0.3) is 0 Å². The Labute approximate surface area is 89.3 Å². The average molecular weight is 211 g/mol. The lowest BCUT2D eigenvalue weighted by molar-refractivity contribution is 0.827. The Bertz CT molecular complexity index is 301. The predicted molar refractivity (Wildman–Crippen MR) is 63.3 cm³/mol. The van der Waals surface area contributed by atoms with Gasteiger partial charge in [-0.05, 0) is 24.3 Å². The molecule has 1 rings (SSSR count). The number of rotatable bonds is 4. The van der Waals surface area contributed by atoms with Crippen LogP contribution in [-0.2, 0) is 0 Å². The minimum Gasteiger partial charge on any atom is -0.383 e. The van der Waals surface area contributed by atoms with Crippen molar-refractivity contribution in [2.24, 2.45) is 5.73 Å². The van der Waals surface area contributed by atoms with Crippen molar-refractivity contribution in [1.29, 1.82) is 0 Å². The van der Waals surface area contributed by atoms with Crippen molar-refractivity contribution >= 4 is 17.6 Å². The summed E-state index contributed by atoms with van der Waals surface area (Å²) < 4.78 is 0. The van der Waals surface area contributed by atoms with Crippen molar-refractivity contribution < 1.29 is 0 Å². The molecule has 78 valence electrons. The summed E-state index contributed by atoms with van der Waals surface area (Å²) in [6, 6.07) is 2.01. The van der Waals surface area contributed by atoms with E-state index in [-0.39, 0.29) is 6.04 Å². The van der Waals surface area contributed by atoms with E-state index in [1.165, 1.54) is 0 Å². The average Bonchev–Trinajstić information content (AvgIpc) is 2.18. The molecule has 0 saturated carbocycles. The maximum atomic E-state index is 6.01. The maximum absolute atomic E-state index is 6.01.